The highest BCUT2D eigenvalue weighted by atomic mass is 32.1. The SMILES string of the molecule is CCCC(NCC(O)COc1cnsn1)c1cccs1. The van der Waals surface area contributed by atoms with Gasteiger partial charge in [0.1, 0.15) is 18.9 Å². The summed E-state index contributed by atoms with van der Waals surface area (Å²) in [7, 11) is 0. The van der Waals surface area contributed by atoms with Crippen molar-refractivity contribution in [1.82, 2.24) is 14.1 Å². The van der Waals surface area contributed by atoms with Gasteiger partial charge in [-0.2, -0.15) is 4.37 Å². The van der Waals surface area contributed by atoms with E-state index in [0.717, 1.165) is 24.6 Å². The fourth-order valence-corrected chi connectivity index (χ4v) is 3.06. The van der Waals surface area contributed by atoms with Crippen LogP contribution in [0.4, 0.5) is 0 Å². The predicted octanol–water partition coefficient (Wildman–Crippen LogP) is 2.47. The first-order chi connectivity index (χ1) is 9.79. The van der Waals surface area contributed by atoms with Crippen molar-refractivity contribution in [3.05, 3.63) is 28.6 Å². The zero-order valence-corrected chi connectivity index (χ0v) is 13.0. The molecule has 0 fully saturated rings. The Morgan fingerprint density at radius 1 is 1.50 bits per heavy atom. The molecule has 2 unspecified atom stereocenters. The molecule has 0 aromatic carbocycles. The second-order valence-corrected chi connectivity index (χ2v) is 6.01. The molecule has 0 aliphatic heterocycles. The van der Waals surface area contributed by atoms with Crippen molar-refractivity contribution in [2.24, 2.45) is 0 Å². The van der Waals surface area contributed by atoms with Crippen LogP contribution in [0.1, 0.15) is 30.7 Å². The average molecular weight is 313 g/mol. The van der Waals surface area contributed by atoms with Crippen LogP contribution < -0.4 is 10.1 Å². The van der Waals surface area contributed by atoms with E-state index in [0.29, 0.717) is 18.5 Å². The summed E-state index contributed by atoms with van der Waals surface area (Å²) in [5.41, 5.74) is 0. The van der Waals surface area contributed by atoms with Gasteiger partial charge in [0.15, 0.2) is 0 Å². The third-order valence-corrected chi connectivity index (χ3v) is 4.28. The van der Waals surface area contributed by atoms with Crippen molar-refractivity contribution in [2.45, 2.75) is 31.9 Å². The van der Waals surface area contributed by atoms with E-state index in [2.05, 4.69) is 38.5 Å². The van der Waals surface area contributed by atoms with Gasteiger partial charge in [-0.3, -0.25) is 0 Å². The Morgan fingerprint density at radius 3 is 3.05 bits per heavy atom. The molecular formula is C13H19N3O2S2. The molecule has 2 N–H and O–H groups in total. The standard InChI is InChI=1S/C13H19N3O2S2/c1-2-4-11(12-5-3-6-19-12)14-7-10(17)9-18-13-8-15-20-16-13/h3,5-6,8,10-11,14,17H,2,4,7,9H2,1H3. The van der Waals surface area contributed by atoms with Crippen LogP contribution in [-0.4, -0.2) is 33.1 Å². The molecule has 0 saturated carbocycles. The number of rotatable bonds is 9. The number of thiophene rings is 1. The Kier molecular flexibility index (Phi) is 6.38. The number of hydrogen-bond donors (Lipinski definition) is 2. The van der Waals surface area contributed by atoms with Gasteiger partial charge >= 0.3 is 0 Å². The van der Waals surface area contributed by atoms with E-state index in [1.807, 2.05) is 0 Å². The number of ether oxygens (including phenoxy) is 1. The second-order valence-electron chi connectivity index (χ2n) is 4.48. The van der Waals surface area contributed by atoms with Gasteiger partial charge in [0, 0.05) is 17.5 Å². The lowest BCUT2D eigenvalue weighted by atomic mass is 10.1. The largest absolute Gasteiger partial charge is 0.473 e. The lowest BCUT2D eigenvalue weighted by molar-refractivity contribution is 0.101. The average Bonchev–Trinajstić information content (AvgIpc) is 3.13. The minimum Gasteiger partial charge on any atom is -0.473 e. The van der Waals surface area contributed by atoms with E-state index in [4.69, 9.17) is 4.74 Å². The summed E-state index contributed by atoms with van der Waals surface area (Å²) in [5.74, 6) is 0.470. The highest BCUT2D eigenvalue weighted by Gasteiger charge is 2.14. The van der Waals surface area contributed by atoms with E-state index in [1.54, 1.807) is 17.5 Å². The molecule has 0 amide bonds. The first-order valence-electron chi connectivity index (χ1n) is 6.64. The number of hydrogen-bond acceptors (Lipinski definition) is 7. The van der Waals surface area contributed by atoms with Crippen LogP contribution in [-0.2, 0) is 0 Å². The van der Waals surface area contributed by atoms with Gasteiger partial charge in [-0.25, -0.2) is 0 Å². The van der Waals surface area contributed by atoms with Gasteiger partial charge in [-0.1, -0.05) is 19.4 Å². The van der Waals surface area contributed by atoms with Gasteiger partial charge in [0.25, 0.3) is 0 Å². The Labute approximate surface area is 127 Å². The van der Waals surface area contributed by atoms with Gasteiger partial charge in [-0.05, 0) is 17.9 Å². The van der Waals surface area contributed by atoms with Crippen LogP contribution >= 0.6 is 23.1 Å². The van der Waals surface area contributed by atoms with Crippen LogP contribution in [0.25, 0.3) is 0 Å². The molecule has 2 aromatic heterocycles. The van der Waals surface area contributed by atoms with E-state index >= 15 is 0 Å². The Bertz CT molecular complexity index is 462. The molecule has 2 atom stereocenters. The summed E-state index contributed by atoms with van der Waals surface area (Å²) in [6.45, 7) is 2.89. The van der Waals surface area contributed by atoms with Crippen molar-refractivity contribution < 1.29 is 9.84 Å². The third kappa shape index (κ3) is 4.82. The maximum Gasteiger partial charge on any atom is 0.245 e. The summed E-state index contributed by atoms with van der Waals surface area (Å²) in [5, 5.41) is 15.4. The molecule has 0 aliphatic rings. The molecule has 5 nitrogen and oxygen atoms in total. The fraction of sp³-hybridized carbons (Fsp3) is 0.538. The normalized spacial score (nSPS) is 14.1. The molecule has 0 aliphatic carbocycles. The maximum atomic E-state index is 9.93. The smallest absolute Gasteiger partial charge is 0.245 e. The number of nitrogens with zero attached hydrogens (tertiary/aromatic N) is 2. The number of aromatic nitrogens is 2. The van der Waals surface area contributed by atoms with Crippen molar-refractivity contribution in [3.8, 4) is 5.88 Å². The van der Waals surface area contributed by atoms with Crippen LogP contribution in [0.15, 0.2) is 23.7 Å². The van der Waals surface area contributed by atoms with Crippen LogP contribution in [0.3, 0.4) is 0 Å². The molecule has 0 spiro atoms. The molecule has 2 heterocycles. The molecule has 2 aromatic rings. The summed E-state index contributed by atoms with van der Waals surface area (Å²) >= 11 is 2.84. The minimum atomic E-state index is -0.559. The van der Waals surface area contributed by atoms with Crippen molar-refractivity contribution in [2.75, 3.05) is 13.2 Å². The molecule has 2 rings (SSSR count). The lowest BCUT2D eigenvalue weighted by Gasteiger charge is -2.19. The zero-order chi connectivity index (χ0) is 14.2. The quantitative estimate of drug-likeness (QED) is 0.744. The van der Waals surface area contributed by atoms with Crippen LogP contribution in [0, 0.1) is 0 Å². The highest BCUT2D eigenvalue weighted by Crippen LogP contribution is 2.23. The molecule has 20 heavy (non-hydrogen) atoms. The van der Waals surface area contributed by atoms with Crippen molar-refractivity contribution in [1.29, 1.82) is 0 Å². The summed E-state index contributed by atoms with van der Waals surface area (Å²) in [6, 6.07) is 4.48. The maximum absolute atomic E-state index is 9.93. The summed E-state index contributed by atoms with van der Waals surface area (Å²) < 4.78 is 13.1. The number of nitrogens with one attached hydrogen (secondary N) is 1. The number of aliphatic hydroxyl groups is 1. The lowest BCUT2D eigenvalue weighted by Crippen LogP contribution is -2.33. The van der Waals surface area contributed by atoms with Gasteiger partial charge in [0.2, 0.25) is 5.88 Å². The third-order valence-electron chi connectivity index (χ3n) is 2.83. The van der Waals surface area contributed by atoms with Gasteiger partial charge in [-0.15, -0.1) is 15.7 Å². The topological polar surface area (TPSA) is 67.3 Å². The van der Waals surface area contributed by atoms with Gasteiger partial charge in [0.05, 0.1) is 11.7 Å². The molecule has 110 valence electrons. The Morgan fingerprint density at radius 2 is 2.40 bits per heavy atom. The Balaban J connectivity index is 1.74. The monoisotopic (exact) mass is 313 g/mol. The summed E-state index contributed by atoms with van der Waals surface area (Å²) in [6.07, 6.45) is 3.16. The first kappa shape index (κ1) is 15.4. The summed E-state index contributed by atoms with van der Waals surface area (Å²) in [4.78, 5) is 1.31. The number of aliphatic hydroxyl groups excluding tert-OH is 1. The van der Waals surface area contributed by atoms with Crippen LogP contribution in [0.2, 0.25) is 0 Å². The second kappa shape index (κ2) is 8.31. The van der Waals surface area contributed by atoms with E-state index in [-0.39, 0.29) is 6.61 Å². The predicted molar refractivity (Wildman–Crippen MR) is 81.4 cm³/mol. The van der Waals surface area contributed by atoms with E-state index < -0.39 is 6.10 Å². The molecular weight excluding hydrogens is 294 g/mol. The highest BCUT2D eigenvalue weighted by molar-refractivity contribution is 7.10. The fourth-order valence-electron chi connectivity index (χ4n) is 1.86. The molecule has 0 radical (unpaired) electrons. The molecule has 0 bridgehead atoms. The Hall–Kier alpha value is -1.02. The first-order valence-corrected chi connectivity index (χ1v) is 8.25. The van der Waals surface area contributed by atoms with Crippen LogP contribution in [0.5, 0.6) is 5.88 Å². The molecule has 7 heteroatoms. The zero-order valence-electron chi connectivity index (χ0n) is 11.4. The molecule has 0 saturated heterocycles. The minimum absolute atomic E-state index is 0.224. The van der Waals surface area contributed by atoms with Gasteiger partial charge < -0.3 is 15.2 Å². The van der Waals surface area contributed by atoms with Crippen molar-refractivity contribution >= 4 is 23.1 Å². The van der Waals surface area contributed by atoms with E-state index in [9.17, 15) is 5.11 Å². The van der Waals surface area contributed by atoms with E-state index in [1.165, 1.54) is 4.88 Å². The van der Waals surface area contributed by atoms with Crippen molar-refractivity contribution in [3.63, 3.8) is 0 Å².